The number of allylic oxidation sites excluding steroid dienone is 2. The summed E-state index contributed by atoms with van der Waals surface area (Å²) in [6.45, 7) is 2.15. The molecule has 3 heteroatoms. The van der Waals surface area contributed by atoms with Crippen LogP contribution in [0, 0.1) is 0 Å². The largest absolute Gasteiger partial charge is 0.481 e. The Labute approximate surface area is 129 Å². The fraction of sp³-hybridized carbons (Fsp3) is 0.778. The van der Waals surface area contributed by atoms with Gasteiger partial charge in [0.25, 0.3) is 0 Å². The van der Waals surface area contributed by atoms with Crippen molar-refractivity contribution in [1.29, 1.82) is 0 Å². The van der Waals surface area contributed by atoms with Crippen LogP contribution in [-0.2, 0) is 9.59 Å². The van der Waals surface area contributed by atoms with Crippen molar-refractivity contribution in [2.75, 3.05) is 0 Å². The molecule has 0 unspecified atom stereocenters. The van der Waals surface area contributed by atoms with Crippen molar-refractivity contribution < 1.29 is 14.7 Å². The lowest BCUT2D eigenvalue weighted by molar-refractivity contribution is -0.137. The summed E-state index contributed by atoms with van der Waals surface area (Å²) in [4.78, 5) is 21.8. The maximum atomic E-state index is 11.5. The summed E-state index contributed by atoms with van der Waals surface area (Å²) < 4.78 is 0. The minimum atomic E-state index is -0.692. The Bertz CT molecular complexity index is 295. The van der Waals surface area contributed by atoms with Crippen molar-refractivity contribution in [2.45, 2.75) is 90.4 Å². The molecule has 0 saturated heterocycles. The van der Waals surface area contributed by atoms with Crippen LogP contribution in [0.5, 0.6) is 0 Å². The van der Waals surface area contributed by atoms with E-state index in [1.54, 1.807) is 0 Å². The zero-order chi connectivity index (χ0) is 15.8. The Morgan fingerprint density at radius 1 is 0.762 bits per heavy atom. The first-order chi connectivity index (χ1) is 10.2. The van der Waals surface area contributed by atoms with Gasteiger partial charge in [-0.05, 0) is 32.1 Å². The van der Waals surface area contributed by atoms with Crippen LogP contribution in [0.4, 0.5) is 0 Å². The maximum absolute atomic E-state index is 11.5. The average Bonchev–Trinajstić information content (AvgIpc) is 2.44. The minimum Gasteiger partial charge on any atom is -0.481 e. The first-order valence-corrected chi connectivity index (χ1v) is 8.55. The number of carboxylic acids is 1. The van der Waals surface area contributed by atoms with Gasteiger partial charge in [-0.25, -0.2) is 0 Å². The number of carbonyl (C=O) groups is 2. The van der Waals surface area contributed by atoms with Crippen molar-refractivity contribution in [3.8, 4) is 0 Å². The Kier molecular flexibility index (Phi) is 14.5. The molecule has 0 spiro atoms. The van der Waals surface area contributed by atoms with Crippen LogP contribution in [0.1, 0.15) is 90.4 Å². The number of unbranched alkanes of at least 4 members (excludes halogenated alkanes) is 7. The van der Waals surface area contributed by atoms with Gasteiger partial charge in [-0.3, -0.25) is 9.59 Å². The lowest BCUT2D eigenvalue weighted by Crippen LogP contribution is -1.96. The maximum Gasteiger partial charge on any atom is 0.303 e. The van der Waals surface area contributed by atoms with E-state index in [9.17, 15) is 9.59 Å². The predicted octanol–water partition coefficient (Wildman–Crippen LogP) is 5.29. The van der Waals surface area contributed by atoms with E-state index in [-0.39, 0.29) is 0 Å². The standard InChI is InChI=1S/C18H32O3/c1-2-3-11-14-17(19)15-12-9-7-5-4-6-8-10-13-16-18(20)21/h7,9H,2-6,8,10-16H2,1H3,(H,20,21)/b9-7-. The zero-order valence-corrected chi connectivity index (χ0v) is 13.6. The van der Waals surface area contributed by atoms with E-state index >= 15 is 0 Å². The number of carbonyl (C=O) groups excluding carboxylic acids is 1. The monoisotopic (exact) mass is 296 g/mol. The van der Waals surface area contributed by atoms with Gasteiger partial charge in [0.1, 0.15) is 5.78 Å². The minimum absolute atomic E-state index is 0.298. The van der Waals surface area contributed by atoms with Gasteiger partial charge >= 0.3 is 5.97 Å². The molecule has 0 aromatic rings. The van der Waals surface area contributed by atoms with Crippen molar-refractivity contribution >= 4 is 11.8 Å². The molecule has 21 heavy (non-hydrogen) atoms. The molecule has 0 fully saturated rings. The average molecular weight is 296 g/mol. The smallest absolute Gasteiger partial charge is 0.303 e. The molecule has 0 aromatic heterocycles. The van der Waals surface area contributed by atoms with Crippen LogP contribution in [0.2, 0.25) is 0 Å². The highest BCUT2D eigenvalue weighted by Gasteiger charge is 1.99. The van der Waals surface area contributed by atoms with Gasteiger partial charge in [-0.2, -0.15) is 0 Å². The Morgan fingerprint density at radius 2 is 1.38 bits per heavy atom. The molecule has 0 aliphatic carbocycles. The number of carboxylic acid groups (broad SMARTS) is 1. The first kappa shape index (κ1) is 19.9. The molecular weight excluding hydrogens is 264 g/mol. The molecule has 1 N–H and O–H groups in total. The van der Waals surface area contributed by atoms with Crippen LogP contribution in [0.3, 0.4) is 0 Å². The number of Topliss-reactive ketones (excluding diaryl/α,β-unsaturated/α-hetero) is 1. The van der Waals surface area contributed by atoms with E-state index in [1.165, 1.54) is 12.8 Å². The van der Waals surface area contributed by atoms with Crippen LogP contribution >= 0.6 is 0 Å². The summed E-state index contributed by atoms with van der Waals surface area (Å²) in [5.74, 6) is -0.297. The number of hydrogen-bond donors (Lipinski definition) is 1. The van der Waals surface area contributed by atoms with Crippen LogP contribution in [-0.4, -0.2) is 16.9 Å². The lowest BCUT2D eigenvalue weighted by atomic mass is 10.1. The molecule has 0 aromatic carbocycles. The van der Waals surface area contributed by atoms with Gasteiger partial charge in [0.05, 0.1) is 0 Å². The Hall–Kier alpha value is -1.12. The second-order valence-electron chi connectivity index (χ2n) is 5.71. The summed E-state index contributed by atoms with van der Waals surface area (Å²) in [7, 11) is 0. The molecule has 0 atom stereocenters. The summed E-state index contributed by atoms with van der Waals surface area (Å²) in [5, 5.41) is 8.50. The SMILES string of the molecule is CCCCCC(=O)CC/C=C\CCCCCCCC(=O)O. The lowest BCUT2D eigenvalue weighted by Gasteiger charge is -1.99. The van der Waals surface area contributed by atoms with Gasteiger partial charge in [0.15, 0.2) is 0 Å². The van der Waals surface area contributed by atoms with Gasteiger partial charge in [-0.15, -0.1) is 0 Å². The Morgan fingerprint density at radius 3 is 2.10 bits per heavy atom. The van der Waals surface area contributed by atoms with Crippen molar-refractivity contribution in [2.24, 2.45) is 0 Å². The molecule has 3 nitrogen and oxygen atoms in total. The zero-order valence-electron chi connectivity index (χ0n) is 13.6. The third-order valence-electron chi connectivity index (χ3n) is 3.58. The number of aliphatic carboxylic acids is 1. The van der Waals surface area contributed by atoms with E-state index in [2.05, 4.69) is 19.1 Å². The van der Waals surface area contributed by atoms with Gasteiger partial charge < -0.3 is 5.11 Å². The van der Waals surface area contributed by atoms with Crippen LogP contribution in [0.15, 0.2) is 12.2 Å². The van der Waals surface area contributed by atoms with Crippen LogP contribution < -0.4 is 0 Å². The highest BCUT2D eigenvalue weighted by atomic mass is 16.4. The van der Waals surface area contributed by atoms with E-state index in [4.69, 9.17) is 5.11 Å². The second-order valence-corrected chi connectivity index (χ2v) is 5.71. The molecular formula is C18H32O3. The van der Waals surface area contributed by atoms with Gasteiger partial charge in [0, 0.05) is 19.3 Å². The molecule has 0 bridgehead atoms. The summed E-state index contributed by atoms with van der Waals surface area (Å²) in [5.41, 5.74) is 0. The van der Waals surface area contributed by atoms with Gasteiger partial charge in [0.2, 0.25) is 0 Å². The Balaban J connectivity index is 3.25. The van der Waals surface area contributed by atoms with Gasteiger partial charge in [-0.1, -0.05) is 51.2 Å². The summed E-state index contributed by atoms with van der Waals surface area (Å²) >= 11 is 0. The quantitative estimate of drug-likeness (QED) is 0.330. The topological polar surface area (TPSA) is 54.4 Å². The predicted molar refractivity (Wildman–Crippen MR) is 87.5 cm³/mol. The van der Waals surface area contributed by atoms with Crippen LogP contribution in [0.25, 0.3) is 0 Å². The van der Waals surface area contributed by atoms with E-state index in [1.807, 2.05) is 0 Å². The molecule has 0 aliphatic heterocycles. The first-order valence-electron chi connectivity index (χ1n) is 8.55. The molecule has 0 rings (SSSR count). The normalized spacial score (nSPS) is 11.1. The third kappa shape index (κ3) is 16.8. The molecule has 122 valence electrons. The third-order valence-corrected chi connectivity index (χ3v) is 3.58. The molecule has 0 heterocycles. The number of rotatable bonds is 15. The van der Waals surface area contributed by atoms with E-state index in [0.29, 0.717) is 18.6 Å². The van der Waals surface area contributed by atoms with Crippen molar-refractivity contribution in [3.05, 3.63) is 12.2 Å². The molecule has 0 saturated carbocycles. The van der Waals surface area contributed by atoms with E-state index < -0.39 is 5.97 Å². The van der Waals surface area contributed by atoms with E-state index in [0.717, 1.165) is 57.8 Å². The number of ketones is 1. The summed E-state index contributed by atoms with van der Waals surface area (Å²) in [6, 6.07) is 0. The highest BCUT2D eigenvalue weighted by Crippen LogP contribution is 2.08. The molecule has 0 radical (unpaired) electrons. The molecule has 0 amide bonds. The van der Waals surface area contributed by atoms with Crippen molar-refractivity contribution in [1.82, 2.24) is 0 Å². The molecule has 0 aliphatic rings. The fourth-order valence-corrected chi connectivity index (χ4v) is 2.25. The number of hydrogen-bond acceptors (Lipinski definition) is 2. The second kappa shape index (κ2) is 15.3. The highest BCUT2D eigenvalue weighted by molar-refractivity contribution is 5.78. The summed E-state index contributed by atoms with van der Waals surface area (Å²) in [6.07, 6.45) is 16.6. The van der Waals surface area contributed by atoms with Crippen molar-refractivity contribution in [3.63, 3.8) is 0 Å². The fourth-order valence-electron chi connectivity index (χ4n) is 2.25.